The minimum absolute atomic E-state index is 0.0231. The summed E-state index contributed by atoms with van der Waals surface area (Å²) in [7, 11) is 0. The highest BCUT2D eigenvalue weighted by Crippen LogP contribution is 2.38. The number of hydrogen-bond donors (Lipinski definition) is 1. The molecular formula is C27H30N4O4. The highest BCUT2D eigenvalue weighted by atomic mass is 16.5. The second-order valence-electron chi connectivity index (χ2n) is 8.92. The van der Waals surface area contributed by atoms with E-state index in [1.165, 1.54) is 0 Å². The number of ether oxygens (including phenoxy) is 2. The van der Waals surface area contributed by atoms with E-state index in [2.05, 4.69) is 10.5 Å². The number of carbonyl (C=O) groups excluding carboxylic acids is 1. The average molecular weight is 475 g/mol. The van der Waals surface area contributed by atoms with Gasteiger partial charge in [-0.3, -0.25) is 4.90 Å². The molecule has 0 bridgehead atoms. The number of urea groups is 1. The van der Waals surface area contributed by atoms with E-state index >= 15 is 0 Å². The van der Waals surface area contributed by atoms with E-state index in [-0.39, 0.29) is 12.1 Å². The van der Waals surface area contributed by atoms with E-state index in [1.807, 2.05) is 69.3 Å². The van der Waals surface area contributed by atoms with Crippen LogP contribution in [0.4, 0.5) is 4.79 Å². The Kier molecular flexibility index (Phi) is 6.55. The van der Waals surface area contributed by atoms with Crippen LogP contribution in [0.25, 0.3) is 17.0 Å². The van der Waals surface area contributed by atoms with E-state index in [1.54, 1.807) is 4.90 Å². The molecule has 8 heteroatoms. The van der Waals surface area contributed by atoms with E-state index in [4.69, 9.17) is 19.0 Å². The number of aryl methyl sites for hydroxylation is 1. The summed E-state index contributed by atoms with van der Waals surface area (Å²) < 4.78 is 17.1. The lowest BCUT2D eigenvalue weighted by Gasteiger charge is -2.36. The average Bonchev–Trinajstić information content (AvgIpc) is 3.55. The van der Waals surface area contributed by atoms with Crippen molar-refractivity contribution in [3.05, 3.63) is 71.2 Å². The Morgan fingerprint density at radius 1 is 1.11 bits per heavy atom. The Morgan fingerprint density at radius 2 is 1.89 bits per heavy atom. The fourth-order valence-corrected chi connectivity index (χ4v) is 4.60. The normalized spacial score (nSPS) is 20.3. The molecule has 0 radical (unpaired) electrons. The molecule has 2 amide bonds. The summed E-state index contributed by atoms with van der Waals surface area (Å²) in [6.45, 7) is 7.75. The van der Waals surface area contributed by atoms with Crippen molar-refractivity contribution in [3.63, 3.8) is 0 Å². The van der Waals surface area contributed by atoms with Crippen molar-refractivity contribution in [1.29, 1.82) is 0 Å². The van der Waals surface area contributed by atoms with Gasteiger partial charge in [-0.2, -0.15) is 4.98 Å². The van der Waals surface area contributed by atoms with Gasteiger partial charge >= 0.3 is 6.03 Å². The Balaban J connectivity index is 1.52. The molecule has 0 saturated carbocycles. The van der Waals surface area contributed by atoms with Crippen LogP contribution in [0.1, 0.15) is 49.7 Å². The Hall–Kier alpha value is -3.65. The van der Waals surface area contributed by atoms with Gasteiger partial charge in [0.25, 0.3) is 5.89 Å². The molecule has 1 aromatic heterocycles. The van der Waals surface area contributed by atoms with Gasteiger partial charge in [0.15, 0.2) is 0 Å². The lowest BCUT2D eigenvalue weighted by Crippen LogP contribution is -2.48. The number of rotatable bonds is 7. The molecule has 2 aliphatic heterocycles. The lowest BCUT2D eigenvalue weighted by molar-refractivity contribution is 0.0877. The van der Waals surface area contributed by atoms with Crippen molar-refractivity contribution >= 4 is 11.6 Å². The SMILES string of the molecule is CCOc1ccc(-c2noc(C3=C(C)N(CC4CCCO4)C(=O)NC3c3ccc(C)cc3)n2)cc1. The number of carbonyl (C=O) groups is 1. The first-order valence-corrected chi connectivity index (χ1v) is 12.1. The fourth-order valence-electron chi connectivity index (χ4n) is 4.60. The topological polar surface area (TPSA) is 89.7 Å². The van der Waals surface area contributed by atoms with Crippen LogP contribution in [-0.2, 0) is 4.74 Å². The molecular weight excluding hydrogens is 444 g/mol. The van der Waals surface area contributed by atoms with Crippen LogP contribution in [0.2, 0.25) is 0 Å². The van der Waals surface area contributed by atoms with Crippen LogP contribution in [0.15, 0.2) is 58.8 Å². The highest BCUT2D eigenvalue weighted by molar-refractivity contribution is 5.87. The van der Waals surface area contributed by atoms with Gasteiger partial charge in [-0.25, -0.2) is 4.79 Å². The van der Waals surface area contributed by atoms with Crippen LogP contribution >= 0.6 is 0 Å². The van der Waals surface area contributed by atoms with Crippen molar-refractivity contribution in [2.45, 2.75) is 45.8 Å². The van der Waals surface area contributed by atoms with Gasteiger partial charge in [-0.05, 0) is 63.4 Å². The molecule has 2 aromatic carbocycles. The van der Waals surface area contributed by atoms with Crippen LogP contribution in [0.3, 0.4) is 0 Å². The Bertz CT molecular complexity index is 1210. The first-order chi connectivity index (χ1) is 17.0. The monoisotopic (exact) mass is 474 g/mol. The summed E-state index contributed by atoms with van der Waals surface area (Å²) in [5.74, 6) is 1.65. The first-order valence-electron chi connectivity index (χ1n) is 12.1. The second kappa shape index (κ2) is 9.92. The number of allylic oxidation sites excluding steroid dienone is 1. The Morgan fingerprint density at radius 3 is 2.57 bits per heavy atom. The van der Waals surface area contributed by atoms with E-state index in [0.29, 0.717) is 24.9 Å². The molecule has 2 atom stereocenters. The number of nitrogens with zero attached hydrogens (tertiary/aromatic N) is 3. The minimum Gasteiger partial charge on any atom is -0.494 e. The third-order valence-electron chi connectivity index (χ3n) is 6.50. The maximum atomic E-state index is 13.2. The largest absolute Gasteiger partial charge is 0.494 e. The quantitative estimate of drug-likeness (QED) is 0.511. The van der Waals surface area contributed by atoms with Crippen LogP contribution in [-0.4, -0.2) is 46.9 Å². The number of benzene rings is 2. The number of aromatic nitrogens is 2. The van der Waals surface area contributed by atoms with Crippen molar-refractivity contribution in [3.8, 4) is 17.1 Å². The predicted molar refractivity (Wildman–Crippen MR) is 132 cm³/mol. The highest BCUT2D eigenvalue weighted by Gasteiger charge is 2.37. The van der Waals surface area contributed by atoms with E-state index in [9.17, 15) is 4.79 Å². The van der Waals surface area contributed by atoms with Crippen molar-refractivity contribution in [1.82, 2.24) is 20.4 Å². The molecule has 5 rings (SSSR count). The van der Waals surface area contributed by atoms with Crippen LogP contribution < -0.4 is 10.1 Å². The molecule has 8 nitrogen and oxygen atoms in total. The summed E-state index contributed by atoms with van der Waals surface area (Å²) in [6, 6.07) is 15.1. The van der Waals surface area contributed by atoms with Crippen molar-refractivity contribution < 1.29 is 18.8 Å². The smallest absolute Gasteiger partial charge is 0.322 e. The maximum absolute atomic E-state index is 13.2. The third-order valence-corrected chi connectivity index (χ3v) is 6.50. The maximum Gasteiger partial charge on any atom is 0.322 e. The molecule has 0 aliphatic carbocycles. The van der Waals surface area contributed by atoms with Gasteiger partial charge < -0.3 is 19.3 Å². The third kappa shape index (κ3) is 4.79. The van der Waals surface area contributed by atoms with E-state index < -0.39 is 6.04 Å². The molecule has 3 heterocycles. The molecule has 3 aromatic rings. The minimum atomic E-state index is -0.405. The van der Waals surface area contributed by atoms with Crippen molar-refractivity contribution in [2.75, 3.05) is 19.8 Å². The number of hydrogen-bond acceptors (Lipinski definition) is 6. The Labute approximate surface area is 204 Å². The lowest BCUT2D eigenvalue weighted by atomic mass is 9.94. The van der Waals surface area contributed by atoms with E-state index in [0.717, 1.165) is 53.2 Å². The molecule has 2 aliphatic rings. The van der Waals surface area contributed by atoms with Gasteiger partial charge in [0.2, 0.25) is 5.82 Å². The van der Waals surface area contributed by atoms with Gasteiger partial charge in [0, 0.05) is 17.9 Å². The summed E-state index contributed by atoms with van der Waals surface area (Å²) in [6.07, 6.45) is 1.97. The van der Waals surface area contributed by atoms with Crippen LogP contribution in [0, 0.1) is 6.92 Å². The molecule has 182 valence electrons. The van der Waals surface area contributed by atoms with Crippen molar-refractivity contribution in [2.24, 2.45) is 0 Å². The molecule has 1 fully saturated rings. The molecule has 35 heavy (non-hydrogen) atoms. The molecule has 1 saturated heterocycles. The summed E-state index contributed by atoms with van der Waals surface area (Å²) in [5.41, 5.74) is 4.50. The van der Waals surface area contributed by atoms with Gasteiger partial charge in [0.1, 0.15) is 5.75 Å². The molecule has 2 unspecified atom stereocenters. The number of nitrogens with one attached hydrogen (secondary N) is 1. The van der Waals surface area contributed by atoms with Gasteiger partial charge in [0.05, 0.1) is 30.9 Å². The van der Waals surface area contributed by atoms with Gasteiger partial charge in [-0.1, -0.05) is 35.0 Å². The molecule has 0 spiro atoms. The summed E-state index contributed by atoms with van der Waals surface area (Å²) in [4.78, 5) is 19.6. The zero-order chi connectivity index (χ0) is 24.4. The predicted octanol–water partition coefficient (Wildman–Crippen LogP) is 5.12. The fraction of sp³-hybridized carbons (Fsp3) is 0.370. The zero-order valence-electron chi connectivity index (χ0n) is 20.3. The zero-order valence-corrected chi connectivity index (χ0v) is 20.3. The molecule has 1 N–H and O–H groups in total. The standard InChI is InChI=1S/C27H30N4O4/c1-4-33-21-13-11-20(12-14-21)25-29-26(35-30-25)23-18(3)31(16-22-6-5-15-34-22)27(32)28-24(23)19-9-7-17(2)8-10-19/h7-14,22,24H,4-6,15-16H2,1-3H3,(H,28,32). The second-order valence-corrected chi connectivity index (χ2v) is 8.92. The summed E-state index contributed by atoms with van der Waals surface area (Å²) in [5, 5.41) is 7.40. The van der Waals surface area contributed by atoms with Gasteiger partial charge in [-0.15, -0.1) is 0 Å². The number of amides is 2. The van der Waals surface area contributed by atoms with Crippen LogP contribution in [0.5, 0.6) is 5.75 Å². The summed E-state index contributed by atoms with van der Waals surface area (Å²) >= 11 is 0. The first kappa shape index (κ1) is 23.1.